The third-order valence-corrected chi connectivity index (χ3v) is 5.86. The predicted octanol–water partition coefficient (Wildman–Crippen LogP) is 6.16. The number of nitrogens with zero attached hydrogens (tertiary/aromatic N) is 4. The summed E-state index contributed by atoms with van der Waals surface area (Å²) in [6.07, 6.45) is 1.64. The van der Waals surface area contributed by atoms with Crippen molar-refractivity contribution in [3.8, 4) is 45.4 Å². The molecule has 0 aliphatic carbocycles. The van der Waals surface area contributed by atoms with Crippen LogP contribution in [-0.4, -0.2) is 27.0 Å². The second-order valence-electron chi connectivity index (χ2n) is 6.92. The Morgan fingerprint density at radius 2 is 1.82 bits per heavy atom. The van der Waals surface area contributed by atoms with Crippen molar-refractivity contribution in [2.24, 2.45) is 0 Å². The minimum absolute atomic E-state index is 0.324. The molecule has 0 saturated heterocycles. The molecule has 164 valence electrons. The van der Waals surface area contributed by atoms with Crippen LogP contribution in [0.4, 0.5) is 0 Å². The molecule has 0 fully saturated rings. The van der Waals surface area contributed by atoms with Crippen LogP contribution in [0.1, 0.15) is 5.56 Å². The van der Waals surface area contributed by atoms with Gasteiger partial charge in [-0.15, -0.1) is 11.3 Å². The molecule has 0 unspecified atom stereocenters. The molecule has 5 aromatic rings. The fourth-order valence-corrected chi connectivity index (χ4v) is 3.94. The van der Waals surface area contributed by atoms with Gasteiger partial charge in [0.15, 0.2) is 16.6 Å². The second kappa shape index (κ2) is 9.40. The summed E-state index contributed by atoms with van der Waals surface area (Å²) in [5.74, 6) is 2.56. The quantitative estimate of drug-likeness (QED) is 0.278. The normalized spacial score (nSPS) is 10.8. The number of aromatic nitrogens is 4. The third-order valence-electron chi connectivity index (χ3n) is 4.69. The highest BCUT2D eigenvalue weighted by molar-refractivity contribution is 7.13. The van der Waals surface area contributed by atoms with Gasteiger partial charge in [0.25, 0.3) is 0 Å². The van der Waals surface area contributed by atoms with E-state index in [4.69, 9.17) is 25.5 Å². The van der Waals surface area contributed by atoms with Gasteiger partial charge in [-0.3, -0.25) is 0 Å². The first kappa shape index (κ1) is 21.1. The van der Waals surface area contributed by atoms with Crippen LogP contribution in [0.25, 0.3) is 33.7 Å². The highest BCUT2D eigenvalue weighted by Gasteiger charge is 2.16. The molecule has 3 heterocycles. The molecular formula is C24H17ClN4O3S. The number of benzene rings is 2. The van der Waals surface area contributed by atoms with Gasteiger partial charge in [-0.25, -0.2) is 15.0 Å². The summed E-state index contributed by atoms with van der Waals surface area (Å²) in [5.41, 5.74) is 2.38. The Labute approximate surface area is 198 Å². The molecule has 5 rings (SSSR count). The zero-order valence-electron chi connectivity index (χ0n) is 17.4. The monoisotopic (exact) mass is 476 g/mol. The van der Waals surface area contributed by atoms with Crippen molar-refractivity contribution in [2.45, 2.75) is 6.61 Å². The highest BCUT2D eigenvalue weighted by atomic mass is 35.5. The van der Waals surface area contributed by atoms with Crippen LogP contribution >= 0.6 is 22.9 Å². The molecule has 3 aromatic heterocycles. The molecule has 2 aromatic carbocycles. The maximum absolute atomic E-state index is 6.02. The molecule has 0 saturated carbocycles. The Kier molecular flexibility index (Phi) is 6.01. The SMILES string of the molecule is COc1ccc(COc2cc(-c3cnc(-c4ccccc4)o3)nc(-c3nc(Cl)cs3)n2)cc1. The number of halogens is 1. The lowest BCUT2D eigenvalue weighted by Gasteiger charge is -2.08. The first-order chi connectivity index (χ1) is 16.2. The fourth-order valence-electron chi connectivity index (χ4n) is 3.06. The fraction of sp³-hybridized carbons (Fsp3) is 0.0833. The summed E-state index contributed by atoms with van der Waals surface area (Å²) in [7, 11) is 1.63. The van der Waals surface area contributed by atoms with E-state index in [0.717, 1.165) is 16.9 Å². The second-order valence-corrected chi connectivity index (χ2v) is 8.17. The van der Waals surface area contributed by atoms with Gasteiger partial charge in [0.1, 0.15) is 23.2 Å². The summed E-state index contributed by atoms with van der Waals surface area (Å²) >= 11 is 7.37. The van der Waals surface area contributed by atoms with Crippen molar-refractivity contribution in [2.75, 3.05) is 7.11 Å². The molecule has 0 radical (unpaired) electrons. The lowest BCUT2D eigenvalue weighted by Crippen LogP contribution is -2.00. The number of hydrogen-bond acceptors (Lipinski definition) is 8. The van der Waals surface area contributed by atoms with Crippen molar-refractivity contribution < 1.29 is 13.9 Å². The third kappa shape index (κ3) is 4.87. The number of rotatable bonds is 7. The van der Waals surface area contributed by atoms with E-state index in [9.17, 15) is 0 Å². The molecular weight excluding hydrogens is 460 g/mol. The number of ether oxygens (including phenoxy) is 2. The summed E-state index contributed by atoms with van der Waals surface area (Å²) < 4.78 is 17.2. The first-order valence-electron chi connectivity index (χ1n) is 9.96. The lowest BCUT2D eigenvalue weighted by atomic mass is 10.2. The lowest BCUT2D eigenvalue weighted by molar-refractivity contribution is 0.293. The van der Waals surface area contributed by atoms with E-state index in [2.05, 4.69) is 19.9 Å². The van der Waals surface area contributed by atoms with Gasteiger partial charge in [-0.1, -0.05) is 41.9 Å². The molecule has 7 nitrogen and oxygen atoms in total. The average Bonchev–Trinajstić information content (AvgIpc) is 3.53. The number of thiazole rings is 1. The van der Waals surface area contributed by atoms with Gasteiger partial charge in [0, 0.05) is 17.0 Å². The van der Waals surface area contributed by atoms with Gasteiger partial charge in [-0.2, -0.15) is 4.98 Å². The van der Waals surface area contributed by atoms with Gasteiger partial charge in [-0.05, 0) is 29.8 Å². The summed E-state index contributed by atoms with van der Waals surface area (Å²) in [6.45, 7) is 0.324. The van der Waals surface area contributed by atoms with E-state index in [0.29, 0.717) is 45.8 Å². The van der Waals surface area contributed by atoms with Crippen LogP contribution in [0.3, 0.4) is 0 Å². The van der Waals surface area contributed by atoms with Crippen molar-refractivity contribution in [1.82, 2.24) is 19.9 Å². The van der Waals surface area contributed by atoms with Gasteiger partial charge in [0.2, 0.25) is 11.8 Å². The van der Waals surface area contributed by atoms with E-state index >= 15 is 0 Å². The van der Waals surface area contributed by atoms with Crippen LogP contribution in [0.5, 0.6) is 11.6 Å². The van der Waals surface area contributed by atoms with E-state index < -0.39 is 0 Å². The Hall–Kier alpha value is -3.75. The summed E-state index contributed by atoms with van der Waals surface area (Å²) in [6, 6.07) is 19.0. The predicted molar refractivity (Wildman–Crippen MR) is 126 cm³/mol. The molecule has 33 heavy (non-hydrogen) atoms. The van der Waals surface area contributed by atoms with E-state index in [1.807, 2.05) is 54.6 Å². The average molecular weight is 477 g/mol. The Morgan fingerprint density at radius 3 is 2.55 bits per heavy atom. The summed E-state index contributed by atoms with van der Waals surface area (Å²) in [5, 5.41) is 2.70. The molecule has 0 aliphatic rings. The molecule has 0 spiro atoms. The molecule has 0 atom stereocenters. The van der Waals surface area contributed by atoms with E-state index in [1.165, 1.54) is 11.3 Å². The smallest absolute Gasteiger partial charge is 0.226 e. The van der Waals surface area contributed by atoms with Crippen LogP contribution in [-0.2, 0) is 6.61 Å². The highest BCUT2D eigenvalue weighted by Crippen LogP contribution is 2.30. The van der Waals surface area contributed by atoms with Crippen LogP contribution in [0, 0.1) is 0 Å². The minimum atomic E-state index is 0.324. The maximum Gasteiger partial charge on any atom is 0.226 e. The number of methoxy groups -OCH3 is 1. The van der Waals surface area contributed by atoms with Crippen molar-refractivity contribution >= 4 is 22.9 Å². The summed E-state index contributed by atoms with van der Waals surface area (Å²) in [4.78, 5) is 17.8. The largest absolute Gasteiger partial charge is 0.497 e. The Balaban J connectivity index is 1.47. The Bertz CT molecular complexity index is 1370. The molecule has 0 bridgehead atoms. The Morgan fingerprint density at radius 1 is 1.00 bits per heavy atom. The molecule has 0 aliphatic heterocycles. The van der Waals surface area contributed by atoms with Crippen LogP contribution in [0.15, 0.2) is 76.7 Å². The molecule has 0 amide bonds. The van der Waals surface area contributed by atoms with Gasteiger partial charge < -0.3 is 13.9 Å². The topological polar surface area (TPSA) is 83.2 Å². The zero-order chi connectivity index (χ0) is 22.6. The van der Waals surface area contributed by atoms with Gasteiger partial charge >= 0.3 is 0 Å². The standard InChI is InChI=1S/C24H17ClN4O3S/c1-30-17-9-7-15(8-10-17)13-31-21-11-18(27-22(29-21)24-28-20(25)14-33-24)19-12-26-23(32-19)16-5-3-2-4-6-16/h2-12,14H,13H2,1H3. The number of oxazole rings is 1. The number of hydrogen-bond donors (Lipinski definition) is 0. The minimum Gasteiger partial charge on any atom is -0.497 e. The van der Waals surface area contributed by atoms with E-state index in [-0.39, 0.29) is 0 Å². The van der Waals surface area contributed by atoms with Gasteiger partial charge in [0.05, 0.1) is 13.3 Å². The van der Waals surface area contributed by atoms with Crippen molar-refractivity contribution in [1.29, 1.82) is 0 Å². The molecule has 9 heteroatoms. The van der Waals surface area contributed by atoms with Crippen molar-refractivity contribution in [3.63, 3.8) is 0 Å². The zero-order valence-corrected chi connectivity index (χ0v) is 19.0. The van der Waals surface area contributed by atoms with Crippen LogP contribution in [0.2, 0.25) is 5.15 Å². The van der Waals surface area contributed by atoms with Crippen molar-refractivity contribution in [3.05, 3.63) is 83.0 Å². The maximum atomic E-state index is 6.02. The molecule has 0 N–H and O–H groups in total. The first-order valence-corrected chi connectivity index (χ1v) is 11.2. The van der Waals surface area contributed by atoms with Crippen LogP contribution < -0.4 is 9.47 Å². The van der Waals surface area contributed by atoms with E-state index in [1.54, 1.807) is 24.8 Å².